The van der Waals surface area contributed by atoms with E-state index in [-0.39, 0.29) is 18.6 Å². The summed E-state index contributed by atoms with van der Waals surface area (Å²) in [4.78, 5) is 12.5. The minimum atomic E-state index is -0.254. The van der Waals surface area contributed by atoms with Gasteiger partial charge in [-0.25, -0.2) is 0 Å². The quantitative estimate of drug-likeness (QED) is 0.688. The van der Waals surface area contributed by atoms with Gasteiger partial charge in [0, 0.05) is 29.7 Å². The van der Waals surface area contributed by atoms with Crippen LogP contribution < -0.4 is 19.5 Å². The van der Waals surface area contributed by atoms with E-state index in [1.165, 1.54) is 0 Å². The molecule has 7 heteroatoms. The van der Waals surface area contributed by atoms with E-state index >= 15 is 0 Å². The number of hydrogen-bond donors (Lipinski definition) is 1. The number of nitrogens with one attached hydrogen (secondary N) is 1. The van der Waals surface area contributed by atoms with Crippen molar-refractivity contribution in [1.82, 2.24) is 10.5 Å². The maximum absolute atomic E-state index is 12.5. The van der Waals surface area contributed by atoms with Crippen molar-refractivity contribution in [3.8, 4) is 28.6 Å². The summed E-state index contributed by atoms with van der Waals surface area (Å²) in [5.74, 6) is 2.42. The first-order valence-corrected chi connectivity index (χ1v) is 9.32. The van der Waals surface area contributed by atoms with E-state index in [2.05, 4.69) is 16.5 Å². The smallest absolute Gasteiger partial charge is 0.251 e. The minimum Gasteiger partial charge on any atom is -0.497 e. The van der Waals surface area contributed by atoms with Crippen LogP contribution in [0.1, 0.15) is 28.5 Å². The zero-order valence-electron chi connectivity index (χ0n) is 16.5. The molecular weight excluding hydrogens is 372 g/mol. The number of rotatable bonds is 6. The van der Waals surface area contributed by atoms with E-state index in [9.17, 15) is 4.79 Å². The number of carbonyl (C=O) groups is 1. The second-order valence-corrected chi connectivity index (χ2v) is 6.92. The highest BCUT2D eigenvalue weighted by Crippen LogP contribution is 2.33. The Kier molecular flexibility index (Phi) is 5.12. The first-order valence-electron chi connectivity index (χ1n) is 9.32. The van der Waals surface area contributed by atoms with Crippen molar-refractivity contribution in [3.63, 3.8) is 0 Å². The monoisotopic (exact) mass is 394 g/mol. The fraction of sp³-hybridized carbons (Fsp3) is 0.273. The number of fused-ring (bicyclic) bond motifs is 1. The number of hydrogen-bond acceptors (Lipinski definition) is 6. The summed E-state index contributed by atoms with van der Waals surface area (Å²) in [5.41, 5.74) is 3.17. The molecule has 0 saturated heterocycles. The lowest BCUT2D eigenvalue weighted by molar-refractivity contribution is 0.0949. The summed E-state index contributed by atoms with van der Waals surface area (Å²) < 4.78 is 21.6. The maximum Gasteiger partial charge on any atom is 0.251 e. The predicted octanol–water partition coefficient (Wildman–Crippen LogP) is 3.61. The predicted molar refractivity (Wildman–Crippen MR) is 106 cm³/mol. The Balaban J connectivity index is 1.44. The third-order valence-corrected chi connectivity index (χ3v) is 4.78. The van der Waals surface area contributed by atoms with Crippen LogP contribution >= 0.6 is 0 Å². The lowest BCUT2D eigenvalue weighted by atomic mass is 10.1. The van der Waals surface area contributed by atoms with Crippen LogP contribution in [0.25, 0.3) is 11.3 Å². The van der Waals surface area contributed by atoms with Gasteiger partial charge in [0.25, 0.3) is 5.91 Å². The molecule has 2 heterocycles. The lowest BCUT2D eigenvalue weighted by Gasteiger charge is -2.08. The number of methoxy groups -OCH3 is 2. The average molecular weight is 394 g/mol. The van der Waals surface area contributed by atoms with E-state index in [1.54, 1.807) is 32.4 Å². The number of ether oxygens (including phenoxy) is 3. The zero-order chi connectivity index (χ0) is 20.4. The molecule has 1 atom stereocenters. The molecule has 1 aliphatic rings. The Morgan fingerprint density at radius 1 is 1.14 bits per heavy atom. The third kappa shape index (κ3) is 4.03. The van der Waals surface area contributed by atoms with Crippen LogP contribution in [0.2, 0.25) is 0 Å². The first-order chi connectivity index (χ1) is 14.1. The Labute approximate surface area is 168 Å². The van der Waals surface area contributed by atoms with Gasteiger partial charge in [0.1, 0.15) is 29.0 Å². The van der Waals surface area contributed by atoms with Gasteiger partial charge in [-0.1, -0.05) is 5.16 Å². The zero-order valence-corrected chi connectivity index (χ0v) is 16.5. The summed E-state index contributed by atoms with van der Waals surface area (Å²) in [5, 5.41) is 6.90. The van der Waals surface area contributed by atoms with Gasteiger partial charge in [-0.2, -0.15) is 0 Å². The van der Waals surface area contributed by atoms with Crippen molar-refractivity contribution in [2.45, 2.75) is 26.0 Å². The molecule has 0 spiro atoms. The normalized spacial score (nSPS) is 14.8. The highest BCUT2D eigenvalue weighted by molar-refractivity contribution is 5.95. The van der Waals surface area contributed by atoms with Gasteiger partial charge in [-0.05, 0) is 42.8 Å². The third-order valence-electron chi connectivity index (χ3n) is 4.78. The molecule has 1 unspecified atom stereocenters. The molecule has 1 aliphatic heterocycles. The van der Waals surface area contributed by atoms with Crippen LogP contribution in [0.4, 0.5) is 0 Å². The van der Waals surface area contributed by atoms with Gasteiger partial charge in [-0.15, -0.1) is 0 Å². The Morgan fingerprint density at radius 3 is 2.62 bits per heavy atom. The van der Waals surface area contributed by atoms with E-state index in [0.29, 0.717) is 28.5 Å². The molecule has 1 amide bonds. The highest BCUT2D eigenvalue weighted by atomic mass is 16.5. The van der Waals surface area contributed by atoms with Crippen molar-refractivity contribution in [2.75, 3.05) is 14.2 Å². The summed E-state index contributed by atoms with van der Waals surface area (Å²) in [6.45, 7) is 2.29. The van der Waals surface area contributed by atoms with Gasteiger partial charge in [0.05, 0.1) is 20.8 Å². The van der Waals surface area contributed by atoms with Gasteiger partial charge < -0.3 is 24.1 Å². The Bertz CT molecular complexity index is 1020. The second-order valence-electron chi connectivity index (χ2n) is 6.92. The molecule has 150 valence electrons. The minimum absolute atomic E-state index is 0.191. The molecule has 4 rings (SSSR count). The van der Waals surface area contributed by atoms with Crippen molar-refractivity contribution in [2.24, 2.45) is 0 Å². The SMILES string of the molecule is COc1cc(OC)cc(C(=O)NCc2cc(-c3ccc4c(c3)CC(C)O4)on2)c1. The van der Waals surface area contributed by atoms with Crippen LogP contribution in [-0.4, -0.2) is 31.4 Å². The van der Waals surface area contributed by atoms with Crippen LogP contribution in [0.5, 0.6) is 17.2 Å². The van der Waals surface area contributed by atoms with E-state index in [4.69, 9.17) is 18.7 Å². The second kappa shape index (κ2) is 7.87. The summed E-state index contributed by atoms with van der Waals surface area (Å²) in [7, 11) is 3.08. The number of aromatic nitrogens is 1. The highest BCUT2D eigenvalue weighted by Gasteiger charge is 2.20. The fourth-order valence-electron chi connectivity index (χ4n) is 3.32. The van der Waals surface area contributed by atoms with Crippen molar-refractivity contribution >= 4 is 5.91 Å². The molecule has 1 N–H and O–H groups in total. The molecular formula is C22H22N2O5. The number of carbonyl (C=O) groups excluding carboxylic acids is 1. The topological polar surface area (TPSA) is 82.8 Å². The molecule has 29 heavy (non-hydrogen) atoms. The first kappa shape index (κ1) is 18.9. The molecule has 1 aromatic heterocycles. The summed E-state index contributed by atoms with van der Waals surface area (Å²) in [6.07, 6.45) is 1.07. The van der Waals surface area contributed by atoms with E-state index < -0.39 is 0 Å². The molecule has 2 aromatic carbocycles. The number of benzene rings is 2. The molecule has 7 nitrogen and oxygen atoms in total. The van der Waals surface area contributed by atoms with Crippen molar-refractivity contribution in [1.29, 1.82) is 0 Å². The molecule has 0 bridgehead atoms. The van der Waals surface area contributed by atoms with Crippen molar-refractivity contribution in [3.05, 3.63) is 59.3 Å². The van der Waals surface area contributed by atoms with Gasteiger partial charge in [0.2, 0.25) is 0 Å². The maximum atomic E-state index is 12.5. The van der Waals surface area contributed by atoms with Crippen LogP contribution in [-0.2, 0) is 13.0 Å². The average Bonchev–Trinajstić information content (AvgIpc) is 3.36. The lowest BCUT2D eigenvalue weighted by Crippen LogP contribution is -2.23. The Hall–Kier alpha value is -3.48. The molecule has 0 aliphatic carbocycles. The van der Waals surface area contributed by atoms with E-state index in [1.807, 2.05) is 25.1 Å². The molecule has 0 radical (unpaired) electrons. The standard InChI is InChI=1S/C22H22N2O5/c1-13-6-15-7-14(4-5-20(15)28-13)21-10-17(24-29-21)12-23-22(25)16-8-18(26-2)11-19(9-16)27-3/h4-5,7-11,13H,6,12H2,1-3H3,(H,23,25). The van der Waals surface area contributed by atoms with Crippen LogP contribution in [0.15, 0.2) is 47.0 Å². The van der Waals surface area contributed by atoms with Gasteiger partial charge >= 0.3 is 0 Å². The number of nitrogens with zero attached hydrogens (tertiary/aromatic N) is 1. The molecule has 0 fully saturated rings. The molecule has 0 saturated carbocycles. The number of amides is 1. The summed E-state index contributed by atoms with van der Waals surface area (Å²) in [6, 6.07) is 12.8. The van der Waals surface area contributed by atoms with Crippen LogP contribution in [0.3, 0.4) is 0 Å². The molecule has 3 aromatic rings. The van der Waals surface area contributed by atoms with Gasteiger partial charge in [-0.3, -0.25) is 4.79 Å². The Morgan fingerprint density at radius 2 is 1.90 bits per heavy atom. The van der Waals surface area contributed by atoms with Crippen molar-refractivity contribution < 1.29 is 23.5 Å². The van der Waals surface area contributed by atoms with E-state index in [0.717, 1.165) is 23.3 Å². The largest absolute Gasteiger partial charge is 0.497 e. The summed E-state index contributed by atoms with van der Waals surface area (Å²) >= 11 is 0. The van der Waals surface area contributed by atoms with Gasteiger partial charge in [0.15, 0.2) is 5.76 Å². The fourth-order valence-corrected chi connectivity index (χ4v) is 3.32. The van der Waals surface area contributed by atoms with Crippen LogP contribution in [0, 0.1) is 0 Å².